The molecule has 2 aromatic heterocycles. The molecule has 2 unspecified atom stereocenters. The van der Waals surface area contributed by atoms with Crippen LogP contribution in [0, 0.1) is 0 Å². The lowest BCUT2D eigenvalue weighted by Gasteiger charge is -2.27. The molecule has 0 aliphatic heterocycles. The monoisotopic (exact) mass is 788 g/mol. The third kappa shape index (κ3) is 4.52. The first-order chi connectivity index (χ1) is 29.1. The first kappa shape index (κ1) is 34.0. The minimum absolute atomic E-state index is 0.103. The number of rotatable bonds is 3. The van der Waals surface area contributed by atoms with Crippen molar-refractivity contribution in [1.82, 2.24) is 0 Å². The Morgan fingerprint density at radius 3 is 1.37 bits per heavy atom. The van der Waals surface area contributed by atoms with Crippen molar-refractivity contribution in [1.29, 1.82) is 0 Å². The molecule has 0 bridgehead atoms. The van der Waals surface area contributed by atoms with Gasteiger partial charge < -0.3 is 0 Å². The van der Waals surface area contributed by atoms with Gasteiger partial charge in [-0.25, -0.2) is 0 Å². The van der Waals surface area contributed by atoms with Gasteiger partial charge in [0.25, 0.3) is 0 Å². The Morgan fingerprint density at radius 2 is 0.763 bits per heavy atom. The molecule has 2 heterocycles. The summed E-state index contributed by atoms with van der Waals surface area (Å²) in [5, 5.41) is 16.9. The van der Waals surface area contributed by atoms with E-state index in [1.165, 1.54) is 145 Å². The molecule has 2 atom stereocenters. The zero-order valence-corrected chi connectivity index (χ0v) is 35.2. The van der Waals surface area contributed by atoms with Gasteiger partial charge in [-0.05, 0) is 120 Å². The second-order valence-corrected chi connectivity index (χ2v) is 21.3. The number of benzene rings is 9. The molecule has 11 aromatic rings. The third-order valence-corrected chi connectivity index (χ3v) is 18.9. The highest BCUT2D eigenvalue weighted by Crippen LogP contribution is 2.60. The summed E-state index contributed by atoms with van der Waals surface area (Å²) in [5.41, 5.74) is 14.1. The molecule has 2 aliphatic carbocycles. The van der Waals surface area contributed by atoms with Crippen molar-refractivity contribution in [3.63, 3.8) is 0 Å². The van der Waals surface area contributed by atoms with Crippen molar-refractivity contribution in [2.75, 3.05) is 0 Å². The fourth-order valence-electron chi connectivity index (χ4n) is 12.0. The van der Waals surface area contributed by atoms with Crippen LogP contribution in [0.15, 0.2) is 170 Å². The smallest absolute Gasteiger partial charge is 0.0215 e. The summed E-state index contributed by atoms with van der Waals surface area (Å²) in [7, 11) is -0.829. The normalized spacial score (nSPS) is 15.1. The Bertz CT molecular complexity index is 3410. The molecule has 0 radical (unpaired) electrons. The van der Waals surface area contributed by atoms with Crippen molar-refractivity contribution in [2.45, 2.75) is 31.1 Å². The van der Waals surface area contributed by atoms with Crippen LogP contribution in [0.5, 0.6) is 0 Å². The van der Waals surface area contributed by atoms with Crippen LogP contribution in [0.25, 0.3) is 108 Å². The minimum atomic E-state index is -0.415. The van der Waals surface area contributed by atoms with Gasteiger partial charge in [0.1, 0.15) is 0 Å². The van der Waals surface area contributed by atoms with Gasteiger partial charge in [-0.2, -0.15) is 0 Å². The third-order valence-electron chi connectivity index (χ3n) is 14.5. The first-order valence-electron chi connectivity index (χ1n) is 21.3. The van der Waals surface area contributed by atoms with E-state index >= 15 is 0 Å². The van der Waals surface area contributed by atoms with E-state index in [0.717, 1.165) is 0 Å². The van der Waals surface area contributed by atoms with Gasteiger partial charge in [-0.15, -0.1) is 15.1 Å². The van der Waals surface area contributed by atoms with Crippen LogP contribution in [0.1, 0.15) is 36.8 Å². The molecule has 9 aromatic carbocycles. The second kappa shape index (κ2) is 12.6. The Kier molecular flexibility index (Phi) is 7.24. The van der Waals surface area contributed by atoms with Gasteiger partial charge in [0.2, 0.25) is 0 Å². The second-order valence-electron chi connectivity index (χ2n) is 17.2. The Morgan fingerprint density at radius 1 is 0.339 bits per heavy atom. The van der Waals surface area contributed by atoms with E-state index < -0.39 is 15.1 Å². The fourth-order valence-corrected chi connectivity index (χ4v) is 16.0. The molecule has 13 rings (SSSR count). The quantitative estimate of drug-likeness (QED) is 0.156. The maximum atomic E-state index is 2.57. The lowest BCUT2D eigenvalue weighted by molar-refractivity contribution is 0.550. The standard InChI is InChI=1S/C57H42P2/c1-58-49-28-7-4-17-42(49)55-37(23-14-30-51(55)58)35-19-11-21-39-45(35)34-46-36(38-24-15-31-52-56(38)43-18-5-8-29-50(43)59(52)2)20-12-22-40(46)53(39)44-25-13-27-48-54(44)41-16-3-6-26-47(41)57(48)32-9-10-33-57/h3-8,11-31,34H,9-10,32-33H2,1-2H3. The van der Waals surface area contributed by atoms with Gasteiger partial charge in [0.15, 0.2) is 0 Å². The largest absolute Gasteiger partial charge is 0.112 e. The molecule has 59 heavy (non-hydrogen) atoms. The van der Waals surface area contributed by atoms with E-state index in [0.29, 0.717) is 0 Å². The number of hydrogen-bond acceptors (Lipinski definition) is 0. The highest BCUT2D eigenvalue weighted by molar-refractivity contribution is 7.60. The van der Waals surface area contributed by atoms with E-state index in [2.05, 4.69) is 183 Å². The fraction of sp³-hybridized carbons (Fsp3) is 0.123. The summed E-state index contributed by atoms with van der Waals surface area (Å²) in [6.45, 7) is 4.88. The van der Waals surface area contributed by atoms with Crippen LogP contribution in [-0.2, 0) is 18.7 Å². The van der Waals surface area contributed by atoms with Crippen molar-refractivity contribution in [3.8, 4) is 44.5 Å². The zero-order chi connectivity index (χ0) is 39.0. The lowest BCUT2D eigenvalue weighted by Crippen LogP contribution is -2.20. The molecule has 2 aliphatic rings. The topological polar surface area (TPSA) is 0 Å². The SMILES string of the molecule is Cp1c2ccccc2c2c(-c3cccc4c(-c5cccc6c5-c5ccccc5C65CCCC5)c5cccc(-c6cccc7c6c6ccccc6p7C)c5cc34)cccc21. The summed E-state index contributed by atoms with van der Waals surface area (Å²) in [4.78, 5) is 0. The molecule has 2 heteroatoms. The molecule has 0 saturated heterocycles. The van der Waals surface area contributed by atoms with E-state index in [1.54, 1.807) is 0 Å². The Balaban J connectivity index is 1.20. The molecule has 1 saturated carbocycles. The summed E-state index contributed by atoms with van der Waals surface area (Å²) < 4.78 is 0. The van der Waals surface area contributed by atoms with Gasteiger partial charge in [-0.3, -0.25) is 0 Å². The van der Waals surface area contributed by atoms with Gasteiger partial charge in [0, 0.05) is 36.7 Å². The molecule has 1 spiro atoms. The van der Waals surface area contributed by atoms with E-state index in [4.69, 9.17) is 0 Å². The summed E-state index contributed by atoms with van der Waals surface area (Å²) >= 11 is 0. The highest BCUT2D eigenvalue weighted by atomic mass is 31.1. The summed E-state index contributed by atoms with van der Waals surface area (Å²) in [6.07, 6.45) is 5.03. The zero-order valence-electron chi connectivity index (χ0n) is 33.4. The van der Waals surface area contributed by atoms with Gasteiger partial charge >= 0.3 is 0 Å². The van der Waals surface area contributed by atoms with Gasteiger partial charge in [-0.1, -0.05) is 177 Å². The van der Waals surface area contributed by atoms with Crippen molar-refractivity contribution in [3.05, 3.63) is 181 Å². The molecular weight excluding hydrogens is 747 g/mol. The van der Waals surface area contributed by atoms with E-state index in [1.807, 2.05) is 0 Å². The van der Waals surface area contributed by atoms with Crippen molar-refractivity contribution < 1.29 is 0 Å². The van der Waals surface area contributed by atoms with Crippen molar-refractivity contribution in [2.24, 2.45) is 13.3 Å². The molecule has 0 N–H and O–H groups in total. The molecule has 1 fully saturated rings. The molecule has 0 amide bonds. The molecule has 0 nitrogen and oxygen atoms in total. The highest BCUT2D eigenvalue weighted by Gasteiger charge is 2.45. The van der Waals surface area contributed by atoms with Gasteiger partial charge in [0.05, 0.1) is 0 Å². The average molecular weight is 789 g/mol. The predicted molar refractivity (Wildman–Crippen MR) is 260 cm³/mol. The average Bonchev–Trinajstić information content (AvgIpc) is 4.05. The van der Waals surface area contributed by atoms with Crippen LogP contribution in [0.2, 0.25) is 0 Å². The first-order valence-corrected chi connectivity index (χ1v) is 24.9. The summed E-state index contributed by atoms with van der Waals surface area (Å²) in [6, 6.07) is 66.0. The molecular formula is C57H42P2. The van der Waals surface area contributed by atoms with E-state index in [-0.39, 0.29) is 5.41 Å². The van der Waals surface area contributed by atoms with Crippen LogP contribution in [0.3, 0.4) is 0 Å². The minimum Gasteiger partial charge on any atom is -0.112 e. The van der Waals surface area contributed by atoms with Crippen molar-refractivity contribution >= 4 is 78.6 Å². The Hall–Kier alpha value is -5.90. The van der Waals surface area contributed by atoms with Crippen LogP contribution in [-0.4, -0.2) is 0 Å². The van der Waals surface area contributed by atoms with E-state index in [9.17, 15) is 0 Å². The van der Waals surface area contributed by atoms with Crippen LogP contribution < -0.4 is 0 Å². The maximum absolute atomic E-state index is 2.57. The van der Waals surface area contributed by atoms with Crippen LogP contribution in [0.4, 0.5) is 0 Å². The summed E-state index contributed by atoms with van der Waals surface area (Å²) in [5.74, 6) is 0. The lowest BCUT2D eigenvalue weighted by atomic mass is 9.76. The number of hydrogen-bond donors (Lipinski definition) is 0. The molecule has 280 valence electrons. The van der Waals surface area contributed by atoms with Crippen LogP contribution >= 0.6 is 15.1 Å². The predicted octanol–water partition coefficient (Wildman–Crippen LogP) is 17.5. The Labute approximate surface area is 346 Å². The number of fused-ring (bicyclic) bond motifs is 13. The maximum Gasteiger partial charge on any atom is 0.0215 e. The number of aryl methyl sites for hydroxylation is 2.